The molecule has 0 unspecified atom stereocenters. The molecule has 0 saturated carbocycles. The highest BCUT2D eigenvalue weighted by molar-refractivity contribution is 9.10. The van der Waals surface area contributed by atoms with Crippen molar-refractivity contribution in [2.24, 2.45) is 0 Å². The van der Waals surface area contributed by atoms with E-state index in [4.69, 9.17) is 11.0 Å². The Morgan fingerprint density at radius 3 is 2.69 bits per heavy atom. The Labute approximate surface area is 106 Å². The first kappa shape index (κ1) is 11.2. The zero-order chi connectivity index (χ0) is 11.7. The van der Waals surface area contributed by atoms with Crippen molar-refractivity contribution in [3.8, 4) is 16.5 Å². The van der Waals surface area contributed by atoms with Crippen LogP contribution in [0.4, 0.5) is 5.69 Å². The molecule has 1 aromatic carbocycles. The van der Waals surface area contributed by atoms with Gasteiger partial charge in [-0.25, -0.2) is 0 Å². The van der Waals surface area contributed by atoms with Gasteiger partial charge in [0.15, 0.2) is 0 Å². The summed E-state index contributed by atoms with van der Waals surface area (Å²) >= 11 is 4.86. The number of nitrogen functional groups attached to an aromatic ring is 1. The van der Waals surface area contributed by atoms with Crippen LogP contribution in [-0.2, 0) is 0 Å². The van der Waals surface area contributed by atoms with Crippen LogP contribution in [0.15, 0.2) is 28.7 Å². The van der Waals surface area contributed by atoms with Crippen LogP contribution >= 0.6 is 27.3 Å². The minimum Gasteiger partial charge on any atom is -0.397 e. The predicted octanol–water partition coefficient (Wildman–Crippen LogP) is 3.94. The van der Waals surface area contributed by atoms with Crippen LogP contribution in [0.25, 0.3) is 10.4 Å². The molecule has 0 atom stereocenters. The van der Waals surface area contributed by atoms with Gasteiger partial charge in [-0.05, 0) is 36.2 Å². The van der Waals surface area contributed by atoms with Gasteiger partial charge in [-0.3, -0.25) is 0 Å². The molecule has 4 heteroatoms. The fourth-order valence-corrected chi connectivity index (χ4v) is 2.97. The quantitative estimate of drug-likeness (QED) is 0.865. The van der Waals surface area contributed by atoms with Crippen LogP contribution < -0.4 is 5.73 Å². The lowest BCUT2D eigenvalue weighted by Gasteiger charge is -2.02. The van der Waals surface area contributed by atoms with Crippen molar-refractivity contribution in [3.63, 3.8) is 0 Å². The van der Waals surface area contributed by atoms with E-state index in [1.165, 1.54) is 16.9 Å². The Kier molecular flexibility index (Phi) is 2.99. The molecule has 2 aromatic rings. The lowest BCUT2D eigenvalue weighted by atomic mass is 10.1. The molecule has 0 spiro atoms. The number of thiophene rings is 1. The molecule has 16 heavy (non-hydrogen) atoms. The molecular weight excluding hydrogens is 284 g/mol. The second-order valence-electron chi connectivity index (χ2n) is 3.47. The molecule has 0 amide bonds. The number of nitriles is 1. The highest BCUT2D eigenvalue weighted by atomic mass is 79.9. The second-order valence-corrected chi connectivity index (χ2v) is 5.43. The summed E-state index contributed by atoms with van der Waals surface area (Å²) < 4.78 is 1.05. The number of halogens is 1. The molecule has 1 heterocycles. The van der Waals surface area contributed by atoms with Crippen LogP contribution in [0.2, 0.25) is 0 Å². The summed E-state index contributed by atoms with van der Waals surface area (Å²) in [6.45, 7) is 2.04. The van der Waals surface area contributed by atoms with Gasteiger partial charge in [-0.15, -0.1) is 11.3 Å². The van der Waals surface area contributed by atoms with Crippen LogP contribution in [0, 0.1) is 18.3 Å². The van der Waals surface area contributed by atoms with E-state index in [9.17, 15) is 0 Å². The number of rotatable bonds is 1. The molecule has 0 aliphatic carbocycles. The number of aryl methyl sites for hydroxylation is 1. The van der Waals surface area contributed by atoms with Crippen molar-refractivity contribution in [1.82, 2.24) is 0 Å². The van der Waals surface area contributed by atoms with Crippen molar-refractivity contribution < 1.29 is 0 Å². The summed E-state index contributed by atoms with van der Waals surface area (Å²) in [5, 5.41) is 8.87. The van der Waals surface area contributed by atoms with Gasteiger partial charge < -0.3 is 5.73 Å². The summed E-state index contributed by atoms with van der Waals surface area (Å²) in [4.78, 5) is 1.62. The van der Waals surface area contributed by atoms with Gasteiger partial charge in [0.2, 0.25) is 0 Å². The SMILES string of the molecule is Cc1cc(Br)ccc1-c1cc(N)c(C#N)s1. The minimum atomic E-state index is 0.560. The number of hydrogen-bond acceptors (Lipinski definition) is 3. The van der Waals surface area contributed by atoms with Gasteiger partial charge in [0.1, 0.15) is 10.9 Å². The van der Waals surface area contributed by atoms with E-state index in [1.807, 2.05) is 25.1 Å². The summed E-state index contributed by atoms with van der Waals surface area (Å²) in [5.41, 5.74) is 8.60. The topological polar surface area (TPSA) is 49.8 Å². The van der Waals surface area contributed by atoms with E-state index >= 15 is 0 Å². The van der Waals surface area contributed by atoms with Gasteiger partial charge in [-0.1, -0.05) is 22.0 Å². The highest BCUT2D eigenvalue weighted by Crippen LogP contribution is 2.35. The first-order chi connectivity index (χ1) is 7.61. The van der Waals surface area contributed by atoms with Gasteiger partial charge in [0.25, 0.3) is 0 Å². The number of anilines is 1. The van der Waals surface area contributed by atoms with Crippen LogP contribution in [-0.4, -0.2) is 0 Å². The number of nitrogens with two attached hydrogens (primary N) is 1. The van der Waals surface area contributed by atoms with Crippen LogP contribution in [0.5, 0.6) is 0 Å². The number of nitrogens with zero attached hydrogens (tertiary/aromatic N) is 1. The van der Waals surface area contributed by atoms with E-state index in [0.717, 1.165) is 14.9 Å². The van der Waals surface area contributed by atoms with Gasteiger partial charge >= 0.3 is 0 Å². The molecule has 2 rings (SSSR count). The third kappa shape index (κ3) is 1.97. The molecule has 1 aromatic heterocycles. The number of benzene rings is 1. The van der Waals surface area contributed by atoms with E-state index in [0.29, 0.717) is 10.6 Å². The summed E-state index contributed by atoms with van der Waals surface area (Å²) in [5.74, 6) is 0. The Hall–Kier alpha value is -1.31. The largest absolute Gasteiger partial charge is 0.397 e. The Balaban J connectivity index is 2.55. The van der Waals surface area contributed by atoms with Crippen LogP contribution in [0.3, 0.4) is 0 Å². The standard InChI is InChI=1S/C12H9BrN2S/c1-7-4-8(13)2-3-9(7)11-5-10(15)12(6-14)16-11/h2-5H,15H2,1H3. The third-order valence-corrected chi connectivity index (χ3v) is 3.90. The maximum atomic E-state index is 8.87. The second kappa shape index (κ2) is 4.28. The van der Waals surface area contributed by atoms with Gasteiger partial charge in [0.05, 0.1) is 5.69 Å². The van der Waals surface area contributed by atoms with Crippen molar-refractivity contribution in [2.75, 3.05) is 5.73 Å². The smallest absolute Gasteiger partial charge is 0.128 e. The fraction of sp³-hybridized carbons (Fsp3) is 0.0833. The highest BCUT2D eigenvalue weighted by Gasteiger charge is 2.09. The van der Waals surface area contributed by atoms with Crippen molar-refractivity contribution in [2.45, 2.75) is 6.92 Å². The predicted molar refractivity (Wildman–Crippen MR) is 71.3 cm³/mol. The lowest BCUT2D eigenvalue weighted by molar-refractivity contribution is 1.46. The van der Waals surface area contributed by atoms with E-state index in [1.54, 1.807) is 0 Å². The van der Waals surface area contributed by atoms with E-state index in [-0.39, 0.29) is 0 Å². The average molecular weight is 293 g/mol. The molecule has 0 bridgehead atoms. The van der Waals surface area contributed by atoms with E-state index in [2.05, 4.69) is 28.1 Å². The third-order valence-electron chi connectivity index (χ3n) is 2.32. The Morgan fingerprint density at radius 1 is 1.38 bits per heavy atom. The molecule has 0 saturated heterocycles. The first-order valence-electron chi connectivity index (χ1n) is 4.67. The molecule has 0 radical (unpaired) electrons. The lowest BCUT2D eigenvalue weighted by Crippen LogP contribution is -1.82. The van der Waals surface area contributed by atoms with Crippen molar-refractivity contribution in [1.29, 1.82) is 5.26 Å². The molecule has 0 aliphatic rings. The molecule has 2 nitrogen and oxygen atoms in total. The molecule has 80 valence electrons. The molecule has 0 fully saturated rings. The van der Waals surface area contributed by atoms with Crippen LogP contribution in [0.1, 0.15) is 10.4 Å². The minimum absolute atomic E-state index is 0.560. The zero-order valence-corrected chi connectivity index (χ0v) is 11.0. The normalized spacial score (nSPS) is 10.1. The summed E-state index contributed by atoms with van der Waals surface area (Å²) in [6, 6.07) is 10.0. The maximum absolute atomic E-state index is 8.87. The molecule has 2 N–H and O–H groups in total. The van der Waals surface area contributed by atoms with Gasteiger partial charge in [0, 0.05) is 9.35 Å². The Morgan fingerprint density at radius 2 is 2.12 bits per heavy atom. The Bertz CT molecular complexity index is 581. The van der Waals surface area contributed by atoms with Crippen molar-refractivity contribution >= 4 is 33.0 Å². The average Bonchev–Trinajstić information content (AvgIpc) is 2.59. The summed E-state index contributed by atoms with van der Waals surface area (Å²) in [7, 11) is 0. The number of hydrogen-bond donors (Lipinski definition) is 1. The monoisotopic (exact) mass is 292 g/mol. The molecule has 0 aliphatic heterocycles. The first-order valence-corrected chi connectivity index (χ1v) is 6.28. The maximum Gasteiger partial charge on any atom is 0.128 e. The van der Waals surface area contributed by atoms with E-state index < -0.39 is 0 Å². The zero-order valence-electron chi connectivity index (χ0n) is 8.62. The molecular formula is C12H9BrN2S. The van der Waals surface area contributed by atoms with Gasteiger partial charge in [-0.2, -0.15) is 5.26 Å². The fourth-order valence-electron chi connectivity index (χ4n) is 1.53. The van der Waals surface area contributed by atoms with Crippen molar-refractivity contribution in [3.05, 3.63) is 39.2 Å². The summed E-state index contributed by atoms with van der Waals surface area (Å²) in [6.07, 6.45) is 0.